The fourth-order valence-corrected chi connectivity index (χ4v) is 2.09. The van der Waals surface area contributed by atoms with Crippen molar-refractivity contribution in [1.29, 1.82) is 0 Å². The predicted octanol–water partition coefficient (Wildman–Crippen LogP) is 2.99. The van der Waals surface area contributed by atoms with Gasteiger partial charge in [-0.15, -0.1) is 0 Å². The fourth-order valence-electron chi connectivity index (χ4n) is 1.86. The lowest BCUT2D eigenvalue weighted by Crippen LogP contribution is -2.12. The number of nitrogens with one attached hydrogen (secondary N) is 1. The molecule has 124 valence electrons. The molecule has 0 radical (unpaired) electrons. The average molecular weight is 351 g/mol. The smallest absolute Gasteiger partial charge is 0.337 e. The molecule has 24 heavy (non-hydrogen) atoms. The van der Waals surface area contributed by atoms with E-state index in [1.54, 1.807) is 0 Å². The first kappa shape index (κ1) is 17.2. The van der Waals surface area contributed by atoms with E-state index in [1.807, 2.05) is 0 Å². The van der Waals surface area contributed by atoms with E-state index in [1.165, 1.54) is 31.4 Å². The maximum atomic E-state index is 12.1. The molecule has 1 amide bonds. The van der Waals surface area contributed by atoms with Crippen molar-refractivity contribution >= 4 is 34.9 Å². The van der Waals surface area contributed by atoms with Gasteiger partial charge in [-0.2, -0.15) is 0 Å². The lowest BCUT2D eigenvalue weighted by molar-refractivity contribution is -0.384. The van der Waals surface area contributed by atoms with Gasteiger partial charge >= 0.3 is 5.97 Å². The predicted molar refractivity (Wildman–Crippen MR) is 85.5 cm³/mol. The van der Waals surface area contributed by atoms with Crippen molar-refractivity contribution in [3.63, 3.8) is 0 Å². The molecule has 0 aliphatic heterocycles. The summed E-state index contributed by atoms with van der Waals surface area (Å²) in [4.78, 5) is 33.4. The maximum Gasteiger partial charge on any atom is 0.337 e. The number of phenolic OH excluding ortho intramolecular Hbond substituents is 1. The van der Waals surface area contributed by atoms with Crippen molar-refractivity contribution in [2.45, 2.75) is 0 Å². The van der Waals surface area contributed by atoms with E-state index in [0.717, 1.165) is 12.1 Å². The quantitative estimate of drug-likeness (QED) is 0.378. The Labute approximate surface area is 140 Å². The first-order valence-electron chi connectivity index (χ1n) is 6.50. The Kier molecular flexibility index (Phi) is 5.00. The van der Waals surface area contributed by atoms with Crippen LogP contribution in [0.1, 0.15) is 20.7 Å². The molecule has 0 unspecified atom stereocenters. The number of nitrogens with zero attached hydrogens (tertiary/aromatic N) is 1. The second kappa shape index (κ2) is 6.97. The molecule has 8 nitrogen and oxygen atoms in total. The number of ether oxygens (including phenoxy) is 1. The van der Waals surface area contributed by atoms with E-state index in [4.69, 9.17) is 11.6 Å². The van der Waals surface area contributed by atoms with Crippen LogP contribution in [0.15, 0.2) is 36.4 Å². The number of methoxy groups -OCH3 is 1. The highest BCUT2D eigenvalue weighted by Crippen LogP contribution is 2.35. The third-order valence-corrected chi connectivity index (χ3v) is 3.38. The minimum atomic E-state index is -0.751. The fraction of sp³-hybridized carbons (Fsp3) is 0.0667. The molecule has 9 heteroatoms. The van der Waals surface area contributed by atoms with Gasteiger partial charge in [-0.05, 0) is 30.3 Å². The molecule has 0 atom stereocenters. The van der Waals surface area contributed by atoms with Crippen LogP contribution in [-0.2, 0) is 4.74 Å². The second-order valence-corrected chi connectivity index (χ2v) is 5.01. The molecule has 0 spiro atoms. The molecule has 2 aromatic carbocycles. The van der Waals surface area contributed by atoms with Crippen LogP contribution in [0.3, 0.4) is 0 Å². The van der Waals surface area contributed by atoms with Crippen molar-refractivity contribution in [2.75, 3.05) is 12.4 Å². The Balaban J connectivity index is 2.22. The van der Waals surface area contributed by atoms with Gasteiger partial charge in [0.15, 0.2) is 0 Å². The molecule has 0 heterocycles. The van der Waals surface area contributed by atoms with Crippen molar-refractivity contribution < 1.29 is 24.4 Å². The zero-order valence-electron chi connectivity index (χ0n) is 12.3. The van der Waals surface area contributed by atoms with Crippen LogP contribution >= 0.6 is 11.6 Å². The highest BCUT2D eigenvalue weighted by molar-refractivity contribution is 6.33. The third-order valence-electron chi connectivity index (χ3n) is 3.08. The summed E-state index contributed by atoms with van der Waals surface area (Å²) in [6.45, 7) is 0. The number of carbonyl (C=O) groups excluding carboxylic acids is 2. The standard InChI is InChI=1S/C15H11ClN2O6/c1-24-15(21)9-4-2-8(3-5-9)14(20)17-11-6-10(16)12(18(22)23)7-13(11)19/h2-7,19H,1H3,(H,17,20). The molecule has 0 saturated carbocycles. The van der Waals surface area contributed by atoms with E-state index >= 15 is 0 Å². The van der Waals surface area contributed by atoms with Gasteiger partial charge in [0.1, 0.15) is 10.8 Å². The Morgan fingerprint density at radius 3 is 2.33 bits per heavy atom. The van der Waals surface area contributed by atoms with Crippen LogP contribution in [0.4, 0.5) is 11.4 Å². The van der Waals surface area contributed by atoms with Gasteiger partial charge in [0.2, 0.25) is 0 Å². The highest BCUT2D eigenvalue weighted by atomic mass is 35.5. The number of esters is 1. The lowest BCUT2D eigenvalue weighted by Gasteiger charge is -2.08. The van der Waals surface area contributed by atoms with Crippen molar-refractivity contribution in [3.05, 3.63) is 62.7 Å². The first-order valence-corrected chi connectivity index (χ1v) is 6.88. The van der Waals surface area contributed by atoms with Crippen molar-refractivity contribution in [2.24, 2.45) is 0 Å². The molecule has 2 N–H and O–H groups in total. The van der Waals surface area contributed by atoms with Gasteiger partial charge < -0.3 is 15.2 Å². The number of rotatable bonds is 4. The molecule has 0 fully saturated rings. The summed E-state index contributed by atoms with van der Waals surface area (Å²) in [7, 11) is 1.24. The highest BCUT2D eigenvalue weighted by Gasteiger charge is 2.18. The normalized spacial score (nSPS) is 10.1. The van der Waals surface area contributed by atoms with Gasteiger partial charge in [-0.3, -0.25) is 14.9 Å². The summed E-state index contributed by atoms with van der Waals surface area (Å²) in [6.07, 6.45) is 0. The van der Waals surface area contributed by atoms with E-state index in [-0.39, 0.29) is 21.8 Å². The summed E-state index contributed by atoms with van der Waals surface area (Å²) in [5, 5.41) is 22.7. The molecule has 2 aromatic rings. The summed E-state index contributed by atoms with van der Waals surface area (Å²) >= 11 is 5.74. The number of amides is 1. The zero-order chi connectivity index (χ0) is 17.9. The summed E-state index contributed by atoms with van der Waals surface area (Å²) in [5.74, 6) is -1.63. The molecule has 0 aromatic heterocycles. The maximum absolute atomic E-state index is 12.1. The summed E-state index contributed by atoms with van der Waals surface area (Å²) in [6, 6.07) is 7.53. The van der Waals surface area contributed by atoms with Gasteiger partial charge in [-0.1, -0.05) is 11.6 Å². The third kappa shape index (κ3) is 3.61. The van der Waals surface area contributed by atoms with E-state index < -0.39 is 28.2 Å². The Hall–Kier alpha value is -3.13. The molecule has 0 bridgehead atoms. The van der Waals surface area contributed by atoms with Crippen LogP contribution in [0.2, 0.25) is 5.02 Å². The number of hydrogen-bond donors (Lipinski definition) is 2. The van der Waals surface area contributed by atoms with E-state index in [9.17, 15) is 24.8 Å². The van der Waals surface area contributed by atoms with Crippen molar-refractivity contribution in [1.82, 2.24) is 0 Å². The molecule has 0 aliphatic rings. The monoisotopic (exact) mass is 350 g/mol. The Bertz CT molecular complexity index is 819. The SMILES string of the molecule is COC(=O)c1ccc(C(=O)Nc2cc(Cl)c([N+](=O)[O-])cc2O)cc1. The van der Waals surface area contributed by atoms with Crippen LogP contribution in [0.25, 0.3) is 0 Å². The second-order valence-electron chi connectivity index (χ2n) is 4.60. The van der Waals surface area contributed by atoms with Gasteiger partial charge in [-0.25, -0.2) is 4.79 Å². The number of halogens is 1. The molecular weight excluding hydrogens is 340 g/mol. The number of nitro groups is 1. The molecule has 2 rings (SSSR count). The average Bonchev–Trinajstić information content (AvgIpc) is 2.56. The van der Waals surface area contributed by atoms with Gasteiger partial charge in [0, 0.05) is 5.56 Å². The minimum Gasteiger partial charge on any atom is -0.506 e. The van der Waals surface area contributed by atoms with Gasteiger partial charge in [0.25, 0.3) is 11.6 Å². The number of aromatic hydroxyl groups is 1. The Morgan fingerprint density at radius 2 is 1.79 bits per heavy atom. The van der Waals surface area contributed by atoms with Crippen LogP contribution < -0.4 is 5.32 Å². The molecule has 0 aliphatic carbocycles. The van der Waals surface area contributed by atoms with Crippen LogP contribution in [0.5, 0.6) is 5.75 Å². The van der Waals surface area contributed by atoms with E-state index in [0.29, 0.717) is 0 Å². The van der Waals surface area contributed by atoms with Crippen molar-refractivity contribution in [3.8, 4) is 5.75 Å². The summed E-state index contributed by atoms with van der Waals surface area (Å²) < 4.78 is 4.55. The number of benzene rings is 2. The molecular formula is C15H11ClN2O6. The van der Waals surface area contributed by atoms with Gasteiger partial charge in [0.05, 0.1) is 29.4 Å². The molecule has 0 saturated heterocycles. The number of hydrogen-bond acceptors (Lipinski definition) is 6. The zero-order valence-corrected chi connectivity index (χ0v) is 13.0. The number of nitro benzene ring substituents is 1. The topological polar surface area (TPSA) is 119 Å². The first-order chi connectivity index (χ1) is 11.3. The lowest BCUT2D eigenvalue weighted by atomic mass is 10.1. The number of anilines is 1. The van der Waals surface area contributed by atoms with Crippen LogP contribution in [0, 0.1) is 10.1 Å². The van der Waals surface area contributed by atoms with Crippen LogP contribution in [-0.4, -0.2) is 29.0 Å². The Morgan fingerprint density at radius 1 is 1.21 bits per heavy atom. The number of phenols is 1. The minimum absolute atomic E-state index is 0.0763. The number of carbonyl (C=O) groups is 2. The summed E-state index contributed by atoms with van der Waals surface area (Å²) in [5.41, 5.74) is -0.0750. The van der Waals surface area contributed by atoms with E-state index in [2.05, 4.69) is 10.1 Å². The largest absolute Gasteiger partial charge is 0.506 e.